The summed E-state index contributed by atoms with van der Waals surface area (Å²) < 4.78 is 5.49. The minimum Gasteiger partial charge on any atom is -0.444 e. The molecule has 0 bridgehead atoms. The van der Waals surface area contributed by atoms with Crippen molar-refractivity contribution in [2.75, 3.05) is 26.7 Å². The van der Waals surface area contributed by atoms with Crippen molar-refractivity contribution in [2.24, 2.45) is 5.92 Å². The number of hydrogen-bond donors (Lipinski definition) is 0. The molecule has 0 aliphatic carbocycles. The van der Waals surface area contributed by atoms with Crippen molar-refractivity contribution in [1.82, 2.24) is 14.8 Å². The fraction of sp³-hybridized carbons (Fsp3) is 0.667. The van der Waals surface area contributed by atoms with Gasteiger partial charge in [-0.2, -0.15) is 0 Å². The number of rotatable bonds is 4. The quantitative estimate of drug-likeness (QED) is 0.772. The van der Waals surface area contributed by atoms with Gasteiger partial charge in [-0.05, 0) is 58.2 Å². The van der Waals surface area contributed by atoms with Crippen LogP contribution >= 0.6 is 11.6 Å². The lowest BCUT2D eigenvalue weighted by atomic mass is 9.97. The van der Waals surface area contributed by atoms with E-state index in [9.17, 15) is 4.79 Å². The summed E-state index contributed by atoms with van der Waals surface area (Å²) in [5.41, 5.74) is 0.698. The van der Waals surface area contributed by atoms with Crippen molar-refractivity contribution in [3.63, 3.8) is 0 Å². The molecule has 1 amide bonds. The molecule has 1 unspecified atom stereocenters. The Bertz CT molecular complexity index is 542. The van der Waals surface area contributed by atoms with E-state index in [1.165, 1.54) is 0 Å². The van der Waals surface area contributed by atoms with Crippen LogP contribution in [0, 0.1) is 5.92 Å². The van der Waals surface area contributed by atoms with E-state index in [0.29, 0.717) is 11.1 Å². The highest BCUT2D eigenvalue weighted by Gasteiger charge is 2.28. The van der Waals surface area contributed by atoms with Crippen LogP contribution in [0.5, 0.6) is 0 Å². The number of aromatic nitrogens is 1. The molecule has 0 saturated carbocycles. The molecule has 0 aromatic carbocycles. The van der Waals surface area contributed by atoms with Crippen LogP contribution < -0.4 is 0 Å². The Balaban J connectivity index is 1.83. The number of piperidine rings is 1. The highest BCUT2D eigenvalue weighted by atomic mass is 35.5. The summed E-state index contributed by atoms with van der Waals surface area (Å²) >= 11 is 5.82. The predicted octanol–water partition coefficient (Wildman–Crippen LogP) is 3.81. The lowest BCUT2D eigenvalue weighted by molar-refractivity contribution is 0.0148. The topological polar surface area (TPSA) is 45.7 Å². The smallest absolute Gasteiger partial charge is 0.410 e. The molecule has 2 heterocycles. The first-order valence-corrected chi connectivity index (χ1v) is 8.87. The molecule has 2 rings (SSSR count). The lowest BCUT2D eigenvalue weighted by Crippen LogP contribution is -2.45. The molecule has 1 aliphatic rings. The van der Waals surface area contributed by atoms with E-state index in [0.717, 1.165) is 44.6 Å². The van der Waals surface area contributed by atoms with Gasteiger partial charge < -0.3 is 14.5 Å². The molecule has 1 aromatic rings. The number of likely N-dealkylation sites (tertiary alicyclic amines) is 1. The number of halogens is 1. The average molecular weight is 354 g/mol. The molecule has 1 aliphatic heterocycles. The molecule has 0 spiro atoms. The van der Waals surface area contributed by atoms with Gasteiger partial charge in [0.05, 0.1) is 0 Å². The van der Waals surface area contributed by atoms with Gasteiger partial charge in [-0.3, -0.25) is 0 Å². The molecular formula is C18H28ClN3O2. The Morgan fingerprint density at radius 1 is 1.46 bits per heavy atom. The van der Waals surface area contributed by atoms with Gasteiger partial charge in [0, 0.05) is 32.4 Å². The molecule has 5 nitrogen and oxygen atoms in total. The fourth-order valence-corrected chi connectivity index (χ4v) is 3.14. The molecule has 1 atom stereocenters. The molecule has 6 heteroatoms. The van der Waals surface area contributed by atoms with Crippen molar-refractivity contribution >= 4 is 17.7 Å². The molecule has 134 valence electrons. The average Bonchev–Trinajstić information content (AvgIpc) is 2.48. The van der Waals surface area contributed by atoms with Crippen LogP contribution in [0.25, 0.3) is 0 Å². The van der Waals surface area contributed by atoms with Crippen LogP contribution in [0.15, 0.2) is 18.3 Å². The second kappa shape index (κ2) is 8.17. The molecule has 0 radical (unpaired) electrons. The molecule has 0 N–H and O–H groups in total. The minimum absolute atomic E-state index is 0.197. The van der Waals surface area contributed by atoms with Crippen molar-refractivity contribution in [3.05, 3.63) is 29.0 Å². The van der Waals surface area contributed by atoms with Crippen molar-refractivity contribution < 1.29 is 9.53 Å². The highest BCUT2D eigenvalue weighted by Crippen LogP contribution is 2.20. The second-order valence-corrected chi connectivity index (χ2v) is 8.01. The summed E-state index contributed by atoms with van der Waals surface area (Å²) in [5.74, 6) is 0.469. The Morgan fingerprint density at radius 3 is 2.83 bits per heavy atom. The molecule has 1 aromatic heterocycles. The van der Waals surface area contributed by atoms with E-state index >= 15 is 0 Å². The maximum atomic E-state index is 12.2. The van der Waals surface area contributed by atoms with E-state index in [1.807, 2.05) is 44.0 Å². The third kappa shape index (κ3) is 6.29. The van der Waals surface area contributed by atoms with Gasteiger partial charge in [-0.15, -0.1) is 0 Å². The zero-order valence-corrected chi connectivity index (χ0v) is 15.8. The van der Waals surface area contributed by atoms with Crippen LogP contribution in [0.4, 0.5) is 4.79 Å². The Hall–Kier alpha value is -1.33. The highest BCUT2D eigenvalue weighted by molar-refractivity contribution is 6.29. The Morgan fingerprint density at radius 2 is 2.21 bits per heavy atom. The third-order valence-corrected chi connectivity index (χ3v) is 4.21. The number of ether oxygens (including phenoxy) is 1. The first kappa shape index (κ1) is 19.0. The Labute approximate surface area is 149 Å². The number of carbonyl (C=O) groups excluding carboxylic acids is 1. The van der Waals surface area contributed by atoms with Gasteiger partial charge in [-0.25, -0.2) is 9.78 Å². The number of carbonyl (C=O) groups is 1. The minimum atomic E-state index is -0.442. The third-order valence-electron chi connectivity index (χ3n) is 3.98. The first-order chi connectivity index (χ1) is 11.2. The maximum absolute atomic E-state index is 12.2. The summed E-state index contributed by atoms with van der Waals surface area (Å²) in [6, 6.07) is 3.81. The zero-order valence-electron chi connectivity index (χ0n) is 15.1. The second-order valence-electron chi connectivity index (χ2n) is 7.62. The number of hydrogen-bond acceptors (Lipinski definition) is 4. The van der Waals surface area contributed by atoms with E-state index in [4.69, 9.17) is 16.3 Å². The molecule has 1 saturated heterocycles. The Kier molecular flexibility index (Phi) is 6.47. The van der Waals surface area contributed by atoms with Gasteiger partial charge in [0.15, 0.2) is 0 Å². The van der Waals surface area contributed by atoms with Gasteiger partial charge in [0.1, 0.15) is 10.8 Å². The van der Waals surface area contributed by atoms with Crippen LogP contribution in [0.1, 0.15) is 39.2 Å². The van der Waals surface area contributed by atoms with Gasteiger partial charge >= 0.3 is 6.09 Å². The standard InChI is InChI=1S/C18H28ClN3O2/c1-18(2,3)24-17(23)22-9-5-6-15(13-22)12-21(4)11-14-7-8-16(19)20-10-14/h7-8,10,15H,5-6,9,11-13H2,1-4H3. The summed E-state index contributed by atoms with van der Waals surface area (Å²) in [6.07, 6.45) is 3.78. The van der Waals surface area contributed by atoms with Crippen molar-refractivity contribution in [3.8, 4) is 0 Å². The summed E-state index contributed by atoms with van der Waals surface area (Å²) in [7, 11) is 2.10. The zero-order chi connectivity index (χ0) is 17.7. The van der Waals surface area contributed by atoms with Gasteiger partial charge in [0.25, 0.3) is 0 Å². The SMILES string of the molecule is CN(Cc1ccc(Cl)nc1)CC1CCCN(C(=O)OC(C)(C)C)C1. The fourth-order valence-electron chi connectivity index (χ4n) is 3.02. The molecular weight excluding hydrogens is 326 g/mol. The van der Waals surface area contributed by atoms with Crippen molar-refractivity contribution in [2.45, 2.75) is 45.8 Å². The van der Waals surface area contributed by atoms with Crippen molar-refractivity contribution in [1.29, 1.82) is 0 Å². The summed E-state index contributed by atoms with van der Waals surface area (Å²) in [6.45, 7) is 9.03. The van der Waals surface area contributed by atoms with E-state index in [2.05, 4.69) is 16.9 Å². The summed E-state index contributed by atoms with van der Waals surface area (Å²) in [4.78, 5) is 20.5. The van der Waals surface area contributed by atoms with E-state index < -0.39 is 5.60 Å². The largest absolute Gasteiger partial charge is 0.444 e. The van der Waals surface area contributed by atoms with Crippen LogP contribution in [-0.4, -0.2) is 53.2 Å². The van der Waals surface area contributed by atoms with Gasteiger partial charge in [0.2, 0.25) is 0 Å². The normalized spacial score (nSPS) is 18.8. The van der Waals surface area contributed by atoms with Crippen LogP contribution in [0.3, 0.4) is 0 Å². The number of pyridine rings is 1. The predicted molar refractivity (Wildman–Crippen MR) is 96.1 cm³/mol. The molecule has 24 heavy (non-hydrogen) atoms. The maximum Gasteiger partial charge on any atom is 0.410 e. The monoisotopic (exact) mass is 353 g/mol. The summed E-state index contributed by atoms with van der Waals surface area (Å²) in [5, 5.41) is 0.515. The van der Waals surface area contributed by atoms with Gasteiger partial charge in [-0.1, -0.05) is 17.7 Å². The van der Waals surface area contributed by atoms with E-state index in [-0.39, 0.29) is 6.09 Å². The molecule has 1 fully saturated rings. The van der Waals surface area contributed by atoms with Crippen LogP contribution in [0.2, 0.25) is 5.15 Å². The van der Waals surface area contributed by atoms with Crippen LogP contribution in [-0.2, 0) is 11.3 Å². The first-order valence-electron chi connectivity index (χ1n) is 8.50. The lowest BCUT2D eigenvalue weighted by Gasteiger charge is -2.35. The number of nitrogens with zero attached hydrogens (tertiary/aromatic N) is 3. The number of amides is 1. The van der Waals surface area contributed by atoms with E-state index in [1.54, 1.807) is 0 Å².